The molecule has 0 aliphatic carbocycles. The van der Waals surface area contributed by atoms with E-state index in [2.05, 4.69) is 31.9 Å². The molecule has 0 saturated heterocycles. The molecule has 0 aliphatic rings. The summed E-state index contributed by atoms with van der Waals surface area (Å²) in [5.41, 5.74) is 3.00. The van der Waals surface area contributed by atoms with Crippen molar-refractivity contribution in [2.75, 3.05) is 0 Å². The van der Waals surface area contributed by atoms with Crippen molar-refractivity contribution in [2.24, 2.45) is 0 Å². The zero-order valence-electron chi connectivity index (χ0n) is 10.6. The van der Waals surface area contributed by atoms with Gasteiger partial charge in [0.05, 0.1) is 8.95 Å². The Balaban J connectivity index is 0.000000211. The molecule has 0 saturated carbocycles. The van der Waals surface area contributed by atoms with E-state index in [0.29, 0.717) is 26.4 Å². The van der Waals surface area contributed by atoms with E-state index in [1.807, 2.05) is 5.48 Å². The van der Waals surface area contributed by atoms with Crippen molar-refractivity contribution in [2.45, 2.75) is 6.54 Å². The van der Waals surface area contributed by atoms with Gasteiger partial charge in [-0.05, 0) is 61.7 Å². The normalized spacial score (nSPS) is 9.76. The van der Waals surface area contributed by atoms with Gasteiger partial charge in [0.15, 0.2) is 0 Å². The smallest absolute Gasteiger partial charge is 0.150 e. The first-order valence-corrected chi connectivity index (χ1v) is 7.27. The monoisotopic (exact) mass is 421 g/mol. The fraction of sp³-hybridized carbons (Fsp3) is 0.0714. The van der Waals surface area contributed by atoms with Gasteiger partial charge in [0.25, 0.3) is 0 Å². The van der Waals surface area contributed by atoms with Crippen molar-refractivity contribution in [1.29, 1.82) is 0 Å². The van der Waals surface area contributed by atoms with E-state index in [9.17, 15) is 13.6 Å². The molecule has 0 aromatic heterocycles. The van der Waals surface area contributed by atoms with Crippen LogP contribution in [0.3, 0.4) is 0 Å². The number of rotatable bonds is 3. The van der Waals surface area contributed by atoms with E-state index >= 15 is 0 Å². The van der Waals surface area contributed by atoms with Gasteiger partial charge in [0.1, 0.15) is 17.9 Å². The van der Waals surface area contributed by atoms with Gasteiger partial charge in [0.2, 0.25) is 0 Å². The predicted octanol–water partition coefficient (Wildman–Crippen LogP) is 4.47. The highest BCUT2D eigenvalue weighted by Crippen LogP contribution is 2.16. The molecule has 0 heterocycles. The third-order valence-corrected chi connectivity index (χ3v) is 3.63. The van der Waals surface area contributed by atoms with E-state index in [4.69, 9.17) is 5.21 Å². The summed E-state index contributed by atoms with van der Waals surface area (Å²) in [6, 6.07) is 8.89. The quantitative estimate of drug-likeness (QED) is 0.566. The Kier molecular flexibility index (Phi) is 7.66. The summed E-state index contributed by atoms with van der Waals surface area (Å²) < 4.78 is 26.1. The number of benzene rings is 2. The standard InChI is InChI=1S/C7H7BrFNO.C7H4BrFO/c8-6-2-1-5(4-10-11)3-7(6)9;8-6-2-1-5(4-10)3-7(6)9/h1-3,10-11H,4H2;1-4H. The highest BCUT2D eigenvalue weighted by atomic mass is 79.9. The van der Waals surface area contributed by atoms with Crippen molar-refractivity contribution < 1.29 is 18.8 Å². The molecule has 7 heteroatoms. The average molecular weight is 423 g/mol. The summed E-state index contributed by atoms with van der Waals surface area (Å²) in [4.78, 5) is 10.1. The molecule has 2 aromatic rings. The maximum Gasteiger partial charge on any atom is 0.150 e. The Morgan fingerprint density at radius 2 is 1.62 bits per heavy atom. The predicted molar refractivity (Wildman–Crippen MR) is 82.2 cm³/mol. The van der Waals surface area contributed by atoms with E-state index in [1.165, 1.54) is 18.2 Å². The van der Waals surface area contributed by atoms with Crippen LogP contribution in [0.1, 0.15) is 15.9 Å². The summed E-state index contributed by atoms with van der Waals surface area (Å²) >= 11 is 5.99. The molecule has 0 fully saturated rings. The molecule has 0 atom stereocenters. The molecule has 3 nitrogen and oxygen atoms in total. The van der Waals surface area contributed by atoms with Crippen LogP contribution >= 0.6 is 31.9 Å². The summed E-state index contributed by atoms with van der Waals surface area (Å²) in [6.07, 6.45) is 0.607. The van der Waals surface area contributed by atoms with Gasteiger partial charge in [-0.1, -0.05) is 12.1 Å². The number of aldehydes is 1. The van der Waals surface area contributed by atoms with Gasteiger partial charge in [-0.25, -0.2) is 14.3 Å². The zero-order valence-corrected chi connectivity index (χ0v) is 13.8. The molecule has 2 rings (SSSR count). The maximum atomic E-state index is 12.7. The van der Waals surface area contributed by atoms with Crippen LogP contribution in [-0.2, 0) is 6.54 Å². The van der Waals surface area contributed by atoms with Crippen LogP contribution in [0.2, 0.25) is 0 Å². The van der Waals surface area contributed by atoms with Gasteiger partial charge in [-0.15, -0.1) is 0 Å². The van der Waals surface area contributed by atoms with Crippen LogP contribution in [0, 0.1) is 11.6 Å². The lowest BCUT2D eigenvalue weighted by Crippen LogP contribution is -2.05. The van der Waals surface area contributed by atoms with Crippen molar-refractivity contribution in [3.05, 3.63) is 68.1 Å². The van der Waals surface area contributed by atoms with E-state index < -0.39 is 5.82 Å². The Hall–Kier alpha value is -1.15. The number of hydroxylamine groups is 1. The first kappa shape index (κ1) is 17.9. The summed E-state index contributed by atoms with van der Waals surface area (Å²) in [5.74, 6) is -0.734. The summed E-state index contributed by atoms with van der Waals surface area (Å²) in [6.45, 7) is 0.254. The van der Waals surface area contributed by atoms with Crippen molar-refractivity contribution >= 4 is 38.1 Å². The fourth-order valence-electron chi connectivity index (χ4n) is 1.33. The van der Waals surface area contributed by atoms with E-state index in [1.54, 1.807) is 18.2 Å². The van der Waals surface area contributed by atoms with Crippen LogP contribution in [0.5, 0.6) is 0 Å². The van der Waals surface area contributed by atoms with Crippen molar-refractivity contribution in [1.82, 2.24) is 5.48 Å². The lowest BCUT2D eigenvalue weighted by Gasteiger charge is -1.99. The second-order valence-corrected chi connectivity index (χ2v) is 5.58. The number of halogens is 4. The SMILES string of the molecule is O=Cc1ccc(Br)c(F)c1.ONCc1ccc(Br)c(F)c1. The van der Waals surface area contributed by atoms with Gasteiger partial charge in [-0.3, -0.25) is 4.79 Å². The molecule has 0 unspecified atom stereocenters. The molecule has 2 N–H and O–H groups in total. The number of nitrogens with one attached hydrogen (secondary N) is 1. The third-order valence-electron chi connectivity index (χ3n) is 2.35. The molecule has 0 radical (unpaired) electrons. The van der Waals surface area contributed by atoms with Crippen LogP contribution in [-0.4, -0.2) is 11.5 Å². The Labute approximate surface area is 137 Å². The second-order valence-electron chi connectivity index (χ2n) is 3.87. The first-order chi connectivity index (χ1) is 9.97. The minimum absolute atomic E-state index is 0.254. The average Bonchev–Trinajstić information content (AvgIpc) is 2.47. The molecular formula is C14H11Br2F2NO2. The van der Waals surface area contributed by atoms with Crippen LogP contribution < -0.4 is 5.48 Å². The van der Waals surface area contributed by atoms with E-state index in [0.717, 1.165) is 0 Å². The number of hydrogen-bond acceptors (Lipinski definition) is 3. The number of carbonyl (C=O) groups is 1. The molecule has 21 heavy (non-hydrogen) atoms. The summed E-state index contributed by atoms with van der Waals surface area (Å²) in [7, 11) is 0. The summed E-state index contributed by atoms with van der Waals surface area (Å²) in [5, 5.41) is 8.30. The van der Waals surface area contributed by atoms with Crippen molar-refractivity contribution in [3.63, 3.8) is 0 Å². The second kappa shape index (κ2) is 8.99. The zero-order chi connectivity index (χ0) is 15.8. The topological polar surface area (TPSA) is 49.3 Å². The molecule has 0 spiro atoms. The van der Waals surface area contributed by atoms with Crippen LogP contribution in [0.25, 0.3) is 0 Å². The lowest BCUT2D eigenvalue weighted by atomic mass is 10.2. The molecule has 0 amide bonds. The largest absolute Gasteiger partial charge is 0.316 e. The minimum atomic E-state index is -0.412. The third kappa shape index (κ3) is 6.01. The Morgan fingerprint density at radius 3 is 2.10 bits per heavy atom. The van der Waals surface area contributed by atoms with Gasteiger partial charge < -0.3 is 5.21 Å². The minimum Gasteiger partial charge on any atom is -0.316 e. The number of carbonyl (C=O) groups excluding carboxylic acids is 1. The molecule has 0 bridgehead atoms. The molecular weight excluding hydrogens is 412 g/mol. The lowest BCUT2D eigenvalue weighted by molar-refractivity contribution is 0.112. The van der Waals surface area contributed by atoms with Gasteiger partial charge in [0, 0.05) is 12.1 Å². The van der Waals surface area contributed by atoms with Crippen LogP contribution in [0.4, 0.5) is 8.78 Å². The van der Waals surface area contributed by atoms with E-state index in [-0.39, 0.29) is 12.4 Å². The Morgan fingerprint density at radius 1 is 1.05 bits per heavy atom. The molecule has 0 aliphatic heterocycles. The highest BCUT2D eigenvalue weighted by molar-refractivity contribution is 9.10. The molecule has 112 valence electrons. The maximum absolute atomic E-state index is 12.7. The van der Waals surface area contributed by atoms with Gasteiger partial charge >= 0.3 is 0 Å². The number of hydrogen-bond donors (Lipinski definition) is 2. The van der Waals surface area contributed by atoms with Gasteiger partial charge in [-0.2, -0.15) is 0 Å². The Bertz CT molecular complexity index is 624. The fourth-order valence-corrected chi connectivity index (χ4v) is 1.82. The highest BCUT2D eigenvalue weighted by Gasteiger charge is 1.99. The first-order valence-electron chi connectivity index (χ1n) is 5.69. The van der Waals surface area contributed by atoms with Crippen LogP contribution in [0.15, 0.2) is 45.3 Å². The van der Waals surface area contributed by atoms with Crippen molar-refractivity contribution in [3.8, 4) is 0 Å². The molecule has 2 aromatic carbocycles.